The molecular weight excluding hydrogens is 214 g/mol. The Morgan fingerprint density at radius 1 is 1.18 bits per heavy atom. The van der Waals surface area contributed by atoms with Crippen molar-refractivity contribution in [3.8, 4) is 0 Å². The van der Waals surface area contributed by atoms with E-state index < -0.39 is 0 Å². The molecule has 4 nitrogen and oxygen atoms in total. The van der Waals surface area contributed by atoms with Gasteiger partial charge in [0, 0.05) is 37.8 Å². The summed E-state index contributed by atoms with van der Waals surface area (Å²) in [6, 6.07) is 2.44. The van der Waals surface area contributed by atoms with E-state index in [9.17, 15) is 0 Å². The van der Waals surface area contributed by atoms with E-state index in [0.717, 1.165) is 37.8 Å². The maximum atomic E-state index is 5.72. The second-order valence-corrected chi connectivity index (χ2v) is 5.90. The van der Waals surface area contributed by atoms with Crippen molar-refractivity contribution >= 4 is 0 Å². The van der Waals surface area contributed by atoms with Crippen LogP contribution in [0, 0.1) is 0 Å². The quantitative estimate of drug-likeness (QED) is 0.751. The third kappa shape index (κ3) is 2.24. The molecule has 0 aromatic rings. The summed E-state index contributed by atoms with van der Waals surface area (Å²) in [5.74, 6) is 0. The molecule has 0 aromatic heterocycles. The molecule has 2 N–H and O–H groups in total. The van der Waals surface area contributed by atoms with E-state index in [1.165, 1.54) is 25.7 Å². The molecule has 3 fully saturated rings. The fourth-order valence-electron chi connectivity index (χ4n) is 3.90. The van der Waals surface area contributed by atoms with E-state index in [1.807, 2.05) is 0 Å². The number of rotatable bonds is 2. The Labute approximate surface area is 104 Å². The highest BCUT2D eigenvalue weighted by Gasteiger charge is 2.41. The largest absolute Gasteiger partial charge is 0.374 e. The SMILES string of the molecule is CN1C2CCC1CC(N1CCOC(CN)C1)C2. The van der Waals surface area contributed by atoms with Crippen LogP contribution in [-0.4, -0.2) is 67.3 Å². The van der Waals surface area contributed by atoms with Crippen LogP contribution < -0.4 is 5.73 Å². The number of nitrogens with zero attached hydrogens (tertiary/aromatic N) is 2. The first kappa shape index (κ1) is 11.9. The molecule has 0 amide bonds. The minimum Gasteiger partial charge on any atom is -0.374 e. The third-order valence-electron chi connectivity index (χ3n) is 5.02. The zero-order valence-corrected chi connectivity index (χ0v) is 10.8. The van der Waals surface area contributed by atoms with Gasteiger partial charge in [0.2, 0.25) is 0 Å². The van der Waals surface area contributed by atoms with E-state index in [0.29, 0.717) is 6.54 Å². The fourth-order valence-corrected chi connectivity index (χ4v) is 3.90. The van der Waals surface area contributed by atoms with Crippen molar-refractivity contribution < 1.29 is 4.74 Å². The molecule has 0 aromatic carbocycles. The first-order valence-corrected chi connectivity index (χ1v) is 7.05. The summed E-state index contributed by atoms with van der Waals surface area (Å²) in [4.78, 5) is 5.25. The lowest BCUT2D eigenvalue weighted by molar-refractivity contribution is -0.0524. The van der Waals surface area contributed by atoms with E-state index in [-0.39, 0.29) is 6.10 Å². The maximum Gasteiger partial charge on any atom is 0.0824 e. The Hall–Kier alpha value is -0.160. The number of ether oxygens (including phenoxy) is 1. The lowest BCUT2D eigenvalue weighted by Gasteiger charge is -2.44. The van der Waals surface area contributed by atoms with E-state index in [2.05, 4.69) is 16.8 Å². The molecule has 3 atom stereocenters. The Balaban J connectivity index is 1.62. The predicted octanol–water partition coefficient (Wildman–Crippen LogP) is 0.271. The van der Waals surface area contributed by atoms with Gasteiger partial charge in [0.05, 0.1) is 12.7 Å². The summed E-state index contributed by atoms with van der Waals surface area (Å²) >= 11 is 0. The van der Waals surface area contributed by atoms with Crippen LogP contribution in [0.3, 0.4) is 0 Å². The molecule has 17 heavy (non-hydrogen) atoms. The molecule has 0 radical (unpaired) electrons. The normalized spacial score (nSPS) is 44.1. The molecule has 3 unspecified atom stereocenters. The van der Waals surface area contributed by atoms with Gasteiger partial charge in [0.1, 0.15) is 0 Å². The Bertz CT molecular complexity index is 259. The number of nitrogens with two attached hydrogens (primary N) is 1. The van der Waals surface area contributed by atoms with Gasteiger partial charge >= 0.3 is 0 Å². The highest BCUT2D eigenvalue weighted by Crippen LogP contribution is 2.36. The molecule has 0 aliphatic carbocycles. The predicted molar refractivity (Wildman–Crippen MR) is 68.0 cm³/mol. The Morgan fingerprint density at radius 2 is 1.88 bits per heavy atom. The van der Waals surface area contributed by atoms with Gasteiger partial charge in [-0.15, -0.1) is 0 Å². The van der Waals surface area contributed by atoms with Crippen molar-refractivity contribution in [1.82, 2.24) is 9.80 Å². The average molecular weight is 239 g/mol. The minimum atomic E-state index is 0.265. The molecule has 3 saturated heterocycles. The van der Waals surface area contributed by atoms with E-state index in [4.69, 9.17) is 10.5 Å². The van der Waals surface area contributed by atoms with Crippen molar-refractivity contribution in [3.63, 3.8) is 0 Å². The number of piperidine rings is 1. The molecule has 4 heteroatoms. The number of morpholine rings is 1. The van der Waals surface area contributed by atoms with Gasteiger partial charge in [-0.2, -0.15) is 0 Å². The number of fused-ring (bicyclic) bond motifs is 2. The van der Waals surface area contributed by atoms with Gasteiger partial charge in [-0.1, -0.05) is 0 Å². The second kappa shape index (κ2) is 4.84. The Kier molecular flexibility index (Phi) is 3.39. The van der Waals surface area contributed by atoms with Crippen molar-refractivity contribution in [2.24, 2.45) is 5.73 Å². The van der Waals surface area contributed by atoms with Crippen LogP contribution >= 0.6 is 0 Å². The topological polar surface area (TPSA) is 41.7 Å². The molecule has 0 saturated carbocycles. The second-order valence-electron chi connectivity index (χ2n) is 5.90. The van der Waals surface area contributed by atoms with Gasteiger partial charge in [-0.05, 0) is 32.7 Å². The number of hydrogen-bond donors (Lipinski definition) is 1. The summed E-state index contributed by atoms with van der Waals surface area (Å²) in [5, 5.41) is 0. The molecule has 3 heterocycles. The van der Waals surface area contributed by atoms with Gasteiger partial charge in [0.25, 0.3) is 0 Å². The van der Waals surface area contributed by atoms with Gasteiger partial charge in [-0.3, -0.25) is 4.90 Å². The molecular formula is C13H25N3O. The van der Waals surface area contributed by atoms with Gasteiger partial charge < -0.3 is 15.4 Å². The van der Waals surface area contributed by atoms with E-state index in [1.54, 1.807) is 0 Å². The average Bonchev–Trinajstić information content (AvgIpc) is 2.61. The standard InChI is InChI=1S/C13H25N3O/c1-15-10-2-3-11(15)7-12(6-10)16-4-5-17-13(8-14)9-16/h10-13H,2-9,14H2,1H3. The van der Waals surface area contributed by atoms with Crippen LogP contribution in [0.25, 0.3) is 0 Å². The van der Waals surface area contributed by atoms with Crippen molar-refractivity contribution in [1.29, 1.82) is 0 Å². The first-order chi connectivity index (χ1) is 8.28. The number of hydrogen-bond acceptors (Lipinski definition) is 4. The Morgan fingerprint density at radius 3 is 2.53 bits per heavy atom. The van der Waals surface area contributed by atoms with Gasteiger partial charge in [-0.25, -0.2) is 0 Å². The monoisotopic (exact) mass is 239 g/mol. The molecule has 3 rings (SSSR count). The van der Waals surface area contributed by atoms with Crippen molar-refractivity contribution in [3.05, 3.63) is 0 Å². The minimum absolute atomic E-state index is 0.265. The summed E-state index contributed by atoms with van der Waals surface area (Å²) < 4.78 is 5.66. The van der Waals surface area contributed by atoms with Crippen LogP contribution in [0.15, 0.2) is 0 Å². The van der Waals surface area contributed by atoms with Crippen LogP contribution in [0.1, 0.15) is 25.7 Å². The molecule has 3 aliphatic heterocycles. The lowest BCUT2D eigenvalue weighted by atomic mass is 9.96. The fraction of sp³-hybridized carbons (Fsp3) is 1.00. The zero-order valence-electron chi connectivity index (χ0n) is 10.8. The van der Waals surface area contributed by atoms with Gasteiger partial charge in [0.15, 0.2) is 0 Å². The van der Waals surface area contributed by atoms with E-state index >= 15 is 0 Å². The molecule has 2 bridgehead atoms. The maximum absolute atomic E-state index is 5.72. The zero-order chi connectivity index (χ0) is 11.8. The molecule has 98 valence electrons. The third-order valence-corrected chi connectivity index (χ3v) is 5.02. The van der Waals surface area contributed by atoms with Crippen molar-refractivity contribution in [2.75, 3.05) is 33.3 Å². The van der Waals surface area contributed by atoms with Crippen LogP contribution in [0.5, 0.6) is 0 Å². The summed E-state index contributed by atoms with van der Waals surface area (Å²) in [5.41, 5.74) is 5.72. The summed E-state index contributed by atoms with van der Waals surface area (Å²) in [6.45, 7) is 3.67. The smallest absolute Gasteiger partial charge is 0.0824 e. The van der Waals surface area contributed by atoms with Crippen molar-refractivity contribution in [2.45, 2.75) is 49.9 Å². The molecule has 0 spiro atoms. The van der Waals surface area contributed by atoms with Crippen LogP contribution in [0.2, 0.25) is 0 Å². The highest BCUT2D eigenvalue weighted by molar-refractivity contribution is 4.97. The van der Waals surface area contributed by atoms with Crippen LogP contribution in [0.4, 0.5) is 0 Å². The van der Waals surface area contributed by atoms with Crippen LogP contribution in [-0.2, 0) is 4.74 Å². The lowest BCUT2D eigenvalue weighted by Crippen LogP contribution is -2.54. The first-order valence-electron chi connectivity index (χ1n) is 7.05. The highest BCUT2D eigenvalue weighted by atomic mass is 16.5. The summed E-state index contributed by atoms with van der Waals surface area (Å²) in [6.07, 6.45) is 5.78. The molecule has 3 aliphatic rings. The summed E-state index contributed by atoms with van der Waals surface area (Å²) in [7, 11) is 2.31.